The van der Waals surface area contributed by atoms with Crippen LogP contribution in [0.5, 0.6) is 0 Å². The van der Waals surface area contributed by atoms with E-state index in [4.69, 9.17) is 11.6 Å². The van der Waals surface area contributed by atoms with Gasteiger partial charge in [0.05, 0.1) is 11.8 Å². The zero-order valence-electron chi connectivity index (χ0n) is 10.0. The Kier molecular flexibility index (Phi) is 4.05. The number of nitrogens with zero attached hydrogens (tertiary/aromatic N) is 1. The van der Waals surface area contributed by atoms with E-state index >= 15 is 0 Å². The molecule has 1 aromatic heterocycles. The van der Waals surface area contributed by atoms with E-state index in [9.17, 15) is 4.79 Å². The zero-order chi connectivity index (χ0) is 12.3. The third-order valence-electron chi connectivity index (χ3n) is 3.40. The highest BCUT2D eigenvalue weighted by Crippen LogP contribution is 2.26. The summed E-state index contributed by atoms with van der Waals surface area (Å²) >= 11 is 6.05. The fourth-order valence-electron chi connectivity index (χ4n) is 2.24. The molecule has 2 rings (SSSR count). The van der Waals surface area contributed by atoms with E-state index in [1.54, 1.807) is 6.20 Å². The molecule has 1 heterocycles. The minimum absolute atomic E-state index is 0.0377. The summed E-state index contributed by atoms with van der Waals surface area (Å²) in [4.78, 5) is 11.8. The first-order valence-electron chi connectivity index (χ1n) is 6.09. The highest BCUT2D eigenvalue weighted by atomic mass is 35.5. The molecule has 5 heteroatoms. The Hall–Kier alpha value is -1.03. The van der Waals surface area contributed by atoms with Crippen LogP contribution in [0.4, 0.5) is 0 Å². The average Bonchev–Trinajstić information content (AvgIpc) is 2.74. The van der Waals surface area contributed by atoms with Crippen molar-refractivity contribution in [3.8, 4) is 0 Å². The molecule has 1 aliphatic carbocycles. The van der Waals surface area contributed by atoms with Crippen molar-refractivity contribution in [1.82, 2.24) is 15.5 Å². The summed E-state index contributed by atoms with van der Waals surface area (Å²) in [7, 11) is 0. The predicted molar refractivity (Wildman–Crippen MR) is 67.3 cm³/mol. The molecule has 0 atom stereocenters. The van der Waals surface area contributed by atoms with Crippen molar-refractivity contribution in [1.29, 1.82) is 0 Å². The van der Waals surface area contributed by atoms with Crippen LogP contribution >= 0.6 is 11.6 Å². The molecule has 0 radical (unpaired) electrons. The summed E-state index contributed by atoms with van der Waals surface area (Å²) < 4.78 is 0. The van der Waals surface area contributed by atoms with Crippen LogP contribution in [0.3, 0.4) is 0 Å². The SMILES string of the molecule is Cc1[nH]ncc1C(=O)NCC1CCC(Cl)CC1. The lowest BCUT2D eigenvalue weighted by atomic mass is 9.89. The molecule has 1 saturated carbocycles. The van der Waals surface area contributed by atoms with Crippen LogP contribution in [0.1, 0.15) is 41.7 Å². The Morgan fingerprint density at radius 1 is 1.53 bits per heavy atom. The van der Waals surface area contributed by atoms with Crippen molar-refractivity contribution in [2.24, 2.45) is 5.92 Å². The molecule has 0 saturated heterocycles. The van der Waals surface area contributed by atoms with Crippen LogP contribution in [0, 0.1) is 12.8 Å². The van der Waals surface area contributed by atoms with Crippen molar-refractivity contribution < 1.29 is 4.79 Å². The molecule has 0 unspecified atom stereocenters. The predicted octanol–water partition coefficient (Wildman–Crippen LogP) is 2.25. The quantitative estimate of drug-likeness (QED) is 0.814. The molecule has 0 aromatic carbocycles. The van der Waals surface area contributed by atoms with Crippen LogP contribution in [0.25, 0.3) is 0 Å². The molecule has 0 aliphatic heterocycles. The van der Waals surface area contributed by atoms with E-state index in [2.05, 4.69) is 15.5 Å². The van der Waals surface area contributed by atoms with Gasteiger partial charge in [-0.3, -0.25) is 9.89 Å². The number of H-pyrrole nitrogens is 1. The number of amides is 1. The molecule has 0 spiro atoms. The van der Waals surface area contributed by atoms with Crippen molar-refractivity contribution >= 4 is 17.5 Å². The first kappa shape index (κ1) is 12.4. The lowest BCUT2D eigenvalue weighted by Gasteiger charge is -2.24. The van der Waals surface area contributed by atoms with Gasteiger partial charge in [-0.1, -0.05) is 0 Å². The van der Waals surface area contributed by atoms with Crippen LogP contribution in [0.2, 0.25) is 0 Å². The second kappa shape index (κ2) is 5.54. The largest absolute Gasteiger partial charge is 0.352 e. The Bertz CT molecular complexity index is 383. The summed E-state index contributed by atoms with van der Waals surface area (Å²) in [5.41, 5.74) is 1.45. The van der Waals surface area contributed by atoms with Gasteiger partial charge in [0.1, 0.15) is 0 Å². The average molecular weight is 256 g/mol. The number of hydrogen-bond donors (Lipinski definition) is 2. The Labute approximate surface area is 106 Å². The number of hydrogen-bond acceptors (Lipinski definition) is 2. The zero-order valence-corrected chi connectivity index (χ0v) is 10.8. The van der Waals surface area contributed by atoms with Gasteiger partial charge in [-0.2, -0.15) is 5.10 Å². The number of rotatable bonds is 3. The molecule has 1 aliphatic rings. The van der Waals surface area contributed by atoms with Gasteiger partial charge < -0.3 is 5.32 Å². The highest BCUT2D eigenvalue weighted by molar-refractivity contribution is 6.20. The van der Waals surface area contributed by atoms with Gasteiger partial charge in [-0.15, -0.1) is 11.6 Å². The van der Waals surface area contributed by atoms with Gasteiger partial charge in [0.2, 0.25) is 0 Å². The summed E-state index contributed by atoms with van der Waals surface area (Å²) in [6, 6.07) is 0. The molecule has 1 fully saturated rings. The molecule has 1 amide bonds. The van der Waals surface area contributed by atoms with E-state index in [0.29, 0.717) is 16.9 Å². The number of halogens is 1. The second-order valence-corrected chi connectivity index (χ2v) is 5.35. The van der Waals surface area contributed by atoms with Crippen LogP contribution in [-0.4, -0.2) is 28.0 Å². The maximum Gasteiger partial charge on any atom is 0.254 e. The summed E-state index contributed by atoms with van der Waals surface area (Å²) in [6.07, 6.45) is 5.91. The van der Waals surface area contributed by atoms with Crippen molar-refractivity contribution in [3.05, 3.63) is 17.5 Å². The summed E-state index contributed by atoms with van der Waals surface area (Å²) in [5, 5.41) is 9.91. The standard InChI is InChI=1S/C12H18ClN3O/c1-8-11(7-15-16-8)12(17)14-6-9-2-4-10(13)5-3-9/h7,9-10H,2-6H2,1H3,(H,14,17)(H,15,16). The molecule has 17 heavy (non-hydrogen) atoms. The molecule has 4 nitrogen and oxygen atoms in total. The van der Waals surface area contributed by atoms with E-state index < -0.39 is 0 Å². The molecule has 2 N–H and O–H groups in total. The van der Waals surface area contributed by atoms with Crippen molar-refractivity contribution in [2.45, 2.75) is 38.0 Å². The molecule has 94 valence electrons. The fourth-order valence-corrected chi connectivity index (χ4v) is 2.49. The first-order chi connectivity index (χ1) is 8.16. The highest BCUT2D eigenvalue weighted by Gasteiger charge is 2.20. The lowest BCUT2D eigenvalue weighted by molar-refractivity contribution is 0.0943. The summed E-state index contributed by atoms with van der Waals surface area (Å²) in [5.74, 6) is 0.533. The summed E-state index contributed by atoms with van der Waals surface area (Å²) in [6.45, 7) is 2.59. The number of aromatic nitrogens is 2. The van der Waals surface area contributed by atoms with Gasteiger partial charge in [0.25, 0.3) is 5.91 Å². The number of carbonyl (C=O) groups excluding carboxylic acids is 1. The van der Waals surface area contributed by atoms with Gasteiger partial charge in [0, 0.05) is 17.6 Å². The fraction of sp³-hybridized carbons (Fsp3) is 0.667. The van der Waals surface area contributed by atoms with E-state index in [1.165, 1.54) is 0 Å². The van der Waals surface area contributed by atoms with E-state index in [0.717, 1.165) is 37.9 Å². The molecule has 1 aromatic rings. The maximum absolute atomic E-state index is 11.8. The van der Waals surface area contributed by atoms with E-state index in [-0.39, 0.29) is 5.91 Å². The molecule has 0 bridgehead atoms. The number of alkyl halides is 1. The van der Waals surface area contributed by atoms with Crippen molar-refractivity contribution in [2.75, 3.05) is 6.54 Å². The van der Waals surface area contributed by atoms with Crippen LogP contribution in [-0.2, 0) is 0 Å². The smallest absolute Gasteiger partial charge is 0.254 e. The second-order valence-electron chi connectivity index (χ2n) is 4.74. The first-order valence-corrected chi connectivity index (χ1v) is 6.52. The minimum atomic E-state index is -0.0377. The minimum Gasteiger partial charge on any atom is -0.352 e. The van der Waals surface area contributed by atoms with Crippen LogP contribution in [0.15, 0.2) is 6.20 Å². The van der Waals surface area contributed by atoms with E-state index in [1.807, 2.05) is 6.92 Å². The third-order valence-corrected chi connectivity index (χ3v) is 3.84. The topological polar surface area (TPSA) is 57.8 Å². The van der Waals surface area contributed by atoms with Gasteiger partial charge in [0.15, 0.2) is 0 Å². The normalized spacial score (nSPS) is 24.6. The van der Waals surface area contributed by atoms with Crippen LogP contribution < -0.4 is 5.32 Å². The Morgan fingerprint density at radius 3 is 2.82 bits per heavy atom. The number of nitrogens with one attached hydrogen (secondary N) is 2. The van der Waals surface area contributed by atoms with Gasteiger partial charge >= 0.3 is 0 Å². The van der Waals surface area contributed by atoms with Gasteiger partial charge in [-0.05, 0) is 38.5 Å². The molecular formula is C12H18ClN3O. The van der Waals surface area contributed by atoms with Crippen molar-refractivity contribution in [3.63, 3.8) is 0 Å². The third kappa shape index (κ3) is 3.22. The Balaban J connectivity index is 1.79. The number of aromatic amines is 1. The number of aryl methyl sites for hydroxylation is 1. The Morgan fingerprint density at radius 2 is 2.24 bits per heavy atom. The monoisotopic (exact) mass is 255 g/mol. The van der Waals surface area contributed by atoms with Gasteiger partial charge in [-0.25, -0.2) is 0 Å². The maximum atomic E-state index is 11.8. The molecular weight excluding hydrogens is 238 g/mol. The lowest BCUT2D eigenvalue weighted by Crippen LogP contribution is -2.31. The number of carbonyl (C=O) groups is 1.